The number of rotatable bonds is 5. The SMILES string of the molecule is O=C(NC[C@@H]1CCCN(C(=O)CCC(F)(F)F)C1)c1cccc2ccccc12. The molecule has 1 fully saturated rings. The number of nitrogens with zero attached hydrogens (tertiary/aromatic N) is 1. The number of carbonyl (C=O) groups excluding carboxylic acids is 2. The highest BCUT2D eigenvalue weighted by atomic mass is 19.4. The van der Waals surface area contributed by atoms with Crippen LogP contribution in [0.1, 0.15) is 36.0 Å². The van der Waals surface area contributed by atoms with Crippen LogP contribution in [0.15, 0.2) is 42.5 Å². The maximum Gasteiger partial charge on any atom is 0.389 e. The van der Waals surface area contributed by atoms with Gasteiger partial charge < -0.3 is 10.2 Å². The van der Waals surface area contributed by atoms with Gasteiger partial charge in [0.2, 0.25) is 5.91 Å². The van der Waals surface area contributed by atoms with Gasteiger partial charge in [-0.2, -0.15) is 13.2 Å². The average molecular weight is 392 g/mol. The Kier molecular flexibility index (Phi) is 6.21. The van der Waals surface area contributed by atoms with E-state index < -0.39 is 24.9 Å². The van der Waals surface area contributed by atoms with Crippen LogP contribution in [0.3, 0.4) is 0 Å². The molecule has 1 aliphatic heterocycles. The third-order valence-corrected chi connectivity index (χ3v) is 5.08. The first-order valence-corrected chi connectivity index (χ1v) is 9.44. The van der Waals surface area contributed by atoms with E-state index in [2.05, 4.69) is 5.32 Å². The van der Waals surface area contributed by atoms with E-state index in [0.717, 1.165) is 23.6 Å². The minimum absolute atomic E-state index is 0.0440. The van der Waals surface area contributed by atoms with Crippen molar-refractivity contribution in [3.8, 4) is 0 Å². The Labute approximate surface area is 161 Å². The summed E-state index contributed by atoms with van der Waals surface area (Å²) >= 11 is 0. The minimum Gasteiger partial charge on any atom is -0.352 e. The van der Waals surface area contributed by atoms with E-state index in [9.17, 15) is 22.8 Å². The van der Waals surface area contributed by atoms with Crippen molar-refractivity contribution >= 4 is 22.6 Å². The summed E-state index contributed by atoms with van der Waals surface area (Å²) in [7, 11) is 0. The van der Waals surface area contributed by atoms with E-state index >= 15 is 0 Å². The van der Waals surface area contributed by atoms with Crippen LogP contribution in [0.4, 0.5) is 13.2 Å². The standard InChI is InChI=1S/C21H23F3N2O2/c22-21(23,24)11-10-19(27)26-12-4-5-15(14-26)13-25-20(28)18-9-3-7-16-6-1-2-8-17(16)18/h1-3,6-9,15H,4-5,10-14H2,(H,25,28)/t15-/m0/s1. The van der Waals surface area contributed by atoms with Crippen molar-refractivity contribution < 1.29 is 22.8 Å². The lowest BCUT2D eigenvalue weighted by Crippen LogP contribution is -2.43. The summed E-state index contributed by atoms with van der Waals surface area (Å²) in [6, 6.07) is 13.2. The number of benzene rings is 2. The molecule has 0 aromatic heterocycles. The van der Waals surface area contributed by atoms with Crippen molar-refractivity contribution in [3.63, 3.8) is 0 Å². The molecule has 4 nitrogen and oxygen atoms in total. The van der Waals surface area contributed by atoms with Gasteiger partial charge in [0.1, 0.15) is 0 Å². The number of carbonyl (C=O) groups is 2. The van der Waals surface area contributed by atoms with Crippen LogP contribution in [0.5, 0.6) is 0 Å². The Balaban J connectivity index is 1.55. The molecular formula is C21H23F3N2O2. The maximum absolute atomic E-state index is 12.6. The fraction of sp³-hybridized carbons (Fsp3) is 0.429. The molecule has 0 aliphatic carbocycles. The summed E-state index contributed by atoms with van der Waals surface area (Å²) in [5.74, 6) is -0.609. The number of amides is 2. The second-order valence-corrected chi connectivity index (χ2v) is 7.20. The molecule has 0 saturated carbocycles. The molecule has 0 bridgehead atoms. The Bertz CT molecular complexity index is 846. The third-order valence-electron chi connectivity index (χ3n) is 5.08. The van der Waals surface area contributed by atoms with Gasteiger partial charge in [-0.05, 0) is 35.6 Å². The third kappa shape index (κ3) is 5.24. The molecular weight excluding hydrogens is 369 g/mol. The van der Waals surface area contributed by atoms with Crippen LogP contribution in [0.25, 0.3) is 10.8 Å². The second kappa shape index (κ2) is 8.63. The normalized spacial score (nSPS) is 17.5. The Morgan fingerprint density at radius 1 is 1.11 bits per heavy atom. The van der Waals surface area contributed by atoms with E-state index in [1.54, 1.807) is 6.07 Å². The fourth-order valence-electron chi connectivity index (χ4n) is 3.62. The first-order valence-electron chi connectivity index (χ1n) is 9.44. The van der Waals surface area contributed by atoms with Gasteiger partial charge in [-0.15, -0.1) is 0 Å². The molecule has 0 spiro atoms. The molecule has 2 amide bonds. The number of hydrogen-bond donors (Lipinski definition) is 1. The van der Waals surface area contributed by atoms with Gasteiger partial charge in [0, 0.05) is 31.6 Å². The average Bonchev–Trinajstić information content (AvgIpc) is 2.69. The highest BCUT2D eigenvalue weighted by Crippen LogP contribution is 2.24. The molecule has 1 saturated heterocycles. The number of alkyl halides is 3. The van der Waals surface area contributed by atoms with Crippen molar-refractivity contribution in [3.05, 3.63) is 48.0 Å². The minimum atomic E-state index is -4.32. The van der Waals surface area contributed by atoms with E-state index in [-0.39, 0.29) is 11.8 Å². The van der Waals surface area contributed by atoms with E-state index in [1.165, 1.54) is 4.90 Å². The van der Waals surface area contributed by atoms with Crippen molar-refractivity contribution in [2.24, 2.45) is 5.92 Å². The molecule has 3 rings (SSSR count). The van der Waals surface area contributed by atoms with Crippen LogP contribution in [0.2, 0.25) is 0 Å². The predicted molar refractivity (Wildman–Crippen MR) is 101 cm³/mol. The first kappa shape index (κ1) is 20.2. The fourth-order valence-corrected chi connectivity index (χ4v) is 3.62. The monoisotopic (exact) mass is 392 g/mol. The van der Waals surface area contributed by atoms with E-state index in [0.29, 0.717) is 25.2 Å². The lowest BCUT2D eigenvalue weighted by Gasteiger charge is -2.33. The number of halogens is 3. The zero-order valence-electron chi connectivity index (χ0n) is 15.5. The zero-order valence-corrected chi connectivity index (χ0v) is 15.5. The smallest absolute Gasteiger partial charge is 0.352 e. The van der Waals surface area contributed by atoms with Crippen LogP contribution < -0.4 is 5.32 Å². The molecule has 1 heterocycles. The number of fused-ring (bicyclic) bond motifs is 1. The van der Waals surface area contributed by atoms with Crippen molar-refractivity contribution in [1.82, 2.24) is 10.2 Å². The maximum atomic E-state index is 12.6. The number of nitrogens with one attached hydrogen (secondary N) is 1. The van der Waals surface area contributed by atoms with Gasteiger partial charge in [0.05, 0.1) is 6.42 Å². The van der Waals surface area contributed by atoms with Gasteiger partial charge in [-0.1, -0.05) is 36.4 Å². The summed E-state index contributed by atoms with van der Waals surface area (Å²) in [6.07, 6.45) is -4.37. The number of hydrogen-bond acceptors (Lipinski definition) is 2. The molecule has 2 aromatic carbocycles. The lowest BCUT2D eigenvalue weighted by atomic mass is 9.97. The van der Waals surface area contributed by atoms with Gasteiger partial charge in [-0.3, -0.25) is 9.59 Å². The predicted octanol–water partition coefficient (Wildman–Crippen LogP) is 4.15. The number of likely N-dealkylation sites (tertiary alicyclic amines) is 1. The highest BCUT2D eigenvalue weighted by molar-refractivity contribution is 6.07. The summed E-state index contributed by atoms with van der Waals surface area (Å²) in [5.41, 5.74) is 0.590. The van der Waals surface area contributed by atoms with Crippen LogP contribution in [-0.4, -0.2) is 42.5 Å². The quantitative estimate of drug-likeness (QED) is 0.831. The molecule has 1 aliphatic rings. The van der Waals surface area contributed by atoms with Crippen LogP contribution in [0, 0.1) is 5.92 Å². The highest BCUT2D eigenvalue weighted by Gasteiger charge is 2.30. The second-order valence-electron chi connectivity index (χ2n) is 7.20. The van der Waals surface area contributed by atoms with Gasteiger partial charge >= 0.3 is 6.18 Å². The van der Waals surface area contributed by atoms with E-state index in [1.807, 2.05) is 36.4 Å². The van der Waals surface area contributed by atoms with E-state index in [4.69, 9.17) is 0 Å². The summed E-state index contributed by atoms with van der Waals surface area (Å²) in [5, 5.41) is 4.77. The van der Waals surface area contributed by atoms with Crippen LogP contribution in [-0.2, 0) is 4.79 Å². The van der Waals surface area contributed by atoms with Crippen LogP contribution >= 0.6 is 0 Å². The Morgan fingerprint density at radius 2 is 1.86 bits per heavy atom. The molecule has 7 heteroatoms. The molecule has 1 N–H and O–H groups in total. The zero-order chi connectivity index (χ0) is 20.1. The summed E-state index contributed by atoms with van der Waals surface area (Å²) in [4.78, 5) is 26.1. The molecule has 2 aromatic rings. The van der Waals surface area contributed by atoms with Gasteiger partial charge in [0.25, 0.3) is 5.91 Å². The van der Waals surface area contributed by atoms with Crippen molar-refractivity contribution in [1.29, 1.82) is 0 Å². The van der Waals surface area contributed by atoms with Gasteiger partial charge in [0.15, 0.2) is 0 Å². The Morgan fingerprint density at radius 3 is 2.64 bits per heavy atom. The molecule has 150 valence electrons. The van der Waals surface area contributed by atoms with Crippen molar-refractivity contribution in [2.45, 2.75) is 31.9 Å². The lowest BCUT2D eigenvalue weighted by molar-refractivity contribution is -0.150. The summed E-state index contributed by atoms with van der Waals surface area (Å²) < 4.78 is 37.0. The molecule has 28 heavy (non-hydrogen) atoms. The van der Waals surface area contributed by atoms with Gasteiger partial charge in [-0.25, -0.2) is 0 Å². The van der Waals surface area contributed by atoms with Crippen molar-refractivity contribution in [2.75, 3.05) is 19.6 Å². The molecule has 1 atom stereocenters. The first-order chi connectivity index (χ1) is 13.3. The molecule has 0 unspecified atom stereocenters. The summed E-state index contributed by atoms with van der Waals surface area (Å²) in [6.45, 7) is 1.25. The number of piperidine rings is 1. The topological polar surface area (TPSA) is 49.4 Å². The molecule has 0 radical (unpaired) electrons. The largest absolute Gasteiger partial charge is 0.389 e. The Hall–Kier alpha value is -2.57.